The van der Waals surface area contributed by atoms with E-state index in [9.17, 15) is 0 Å². The largest absolute Gasteiger partial charge is 0.298 e. The maximum absolute atomic E-state index is 8.95. The molecule has 16 heavy (non-hydrogen) atoms. The normalized spacial score (nSPS) is 11.8. The Bertz CT molecular complexity index is 426. The number of nitriles is 2. The minimum Gasteiger partial charge on any atom is -0.298 e. The Morgan fingerprint density at radius 3 is 2.62 bits per heavy atom. The van der Waals surface area contributed by atoms with Crippen molar-refractivity contribution >= 4 is 0 Å². The van der Waals surface area contributed by atoms with E-state index < -0.39 is 0 Å². The third-order valence-electron chi connectivity index (χ3n) is 2.70. The van der Waals surface area contributed by atoms with E-state index in [0.29, 0.717) is 18.5 Å². The van der Waals surface area contributed by atoms with Crippen molar-refractivity contribution in [2.45, 2.75) is 25.9 Å². The van der Waals surface area contributed by atoms with Crippen molar-refractivity contribution < 1.29 is 0 Å². The number of hydrogen-bond donors (Lipinski definition) is 0. The third-order valence-corrected chi connectivity index (χ3v) is 2.70. The van der Waals surface area contributed by atoms with Gasteiger partial charge in [0.15, 0.2) is 0 Å². The molecule has 1 aromatic rings. The maximum Gasteiger partial charge on any atom is 0.0995 e. The lowest BCUT2D eigenvalue weighted by Crippen LogP contribution is -2.28. The molecule has 0 amide bonds. The summed E-state index contributed by atoms with van der Waals surface area (Å²) in [5.74, 6) is 0. The topological polar surface area (TPSA) is 50.8 Å². The van der Waals surface area contributed by atoms with Gasteiger partial charge in [-0.25, -0.2) is 0 Å². The van der Waals surface area contributed by atoms with Gasteiger partial charge in [-0.05, 0) is 25.6 Å². The number of nitrogens with zero attached hydrogens (tertiary/aromatic N) is 3. The Balaban J connectivity index is 2.74. The average molecular weight is 213 g/mol. The lowest BCUT2D eigenvalue weighted by Gasteiger charge is -2.22. The summed E-state index contributed by atoms with van der Waals surface area (Å²) in [7, 11) is 1.97. The van der Waals surface area contributed by atoms with Crippen molar-refractivity contribution in [1.82, 2.24) is 4.90 Å². The fourth-order valence-electron chi connectivity index (χ4n) is 1.48. The van der Waals surface area contributed by atoms with Crippen LogP contribution >= 0.6 is 0 Å². The highest BCUT2D eigenvalue weighted by Crippen LogP contribution is 2.12. The molecule has 0 heterocycles. The molecule has 3 nitrogen and oxygen atoms in total. The van der Waals surface area contributed by atoms with E-state index in [2.05, 4.69) is 17.0 Å². The van der Waals surface area contributed by atoms with Gasteiger partial charge in [0.2, 0.25) is 0 Å². The Morgan fingerprint density at radius 1 is 1.31 bits per heavy atom. The second-order valence-electron chi connectivity index (χ2n) is 3.90. The van der Waals surface area contributed by atoms with Crippen LogP contribution in [0.25, 0.3) is 0 Å². The zero-order valence-corrected chi connectivity index (χ0v) is 9.64. The summed E-state index contributed by atoms with van der Waals surface area (Å²) in [5, 5.41) is 17.6. The SMILES string of the molecule is CC(CC#N)N(C)Cc1ccccc1C#N. The lowest BCUT2D eigenvalue weighted by molar-refractivity contribution is 0.252. The quantitative estimate of drug-likeness (QED) is 0.771. The Labute approximate surface area is 96.5 Å². The van der Waals surface area contributed by atoms with E-state index in [0.717, 1.165) is 5.56 Å². The van der Waals surface area contributed by atoms with Crippen molar-refractivity contribution in [3.05, 3.63) is 35.4 Å². The Hall–Kier alpha value is -1.84. The van der Waals surface area contributed by atoms with Crippen LogP contribution in [-0.4, -0.2) is 18.0 Å². The first-order valence-electron chi connectivity index (χ1n) is 5.24. The van der Waals surface area contributed by atoms with Gasteiger partial charge in [0.1, 0.15) is 0 Å². The van der Waals surface area contributed by atoms with Crippen molar-refractivity contribution in [2.75, 3.05) is 7.05 Å². The van der Waals surface area contributed by atoms with Gasteiger partial charge in [0.05, 0.1) is 24.1 Å². The highest BCUT2D eigenvalue weighted by atomic mass is 15.1. The highest BCUT2D eigenvalue weighted by Gasteiger charge is 2.10. The fraction of sp³-hybridized carbons (Fsp3) is 0.385. The van der Waals surface area contributed by atoms with Crippen LogP contribution in [0.3, 0.4) is 0 Å². The van der Waals surface area contributed by atoms with Crippen molar-refractivity contribution in [2.24, 2.45) is 0 Å². The van der Waals surface area contributed by atoms with E-state index in [4.69, 9.17) is 10.5 Å². The fourth-order valence-corrected chi connectivity index (χ4v) is 1.48. The molecule has 1 aromatic carbocycles. The van der Waals surface area contributed by atoms with Gasteiger partial charge in [-0.2, -0.15) is 10.5 Å². The minimum absolute atomic E-state index is 0.205. The van der Waals surface area contributed by atoms with Crippen molar-refractivity contribution in [1.29, 1.82) is 10.5 Å². The lowest BCUT2D eigenvalue weighted by atomic mass is 10.1. The molecule has 0 aliphatic rings. The molecular weight excluding hydrogens is 198 g/mol. The first-order chi connectivity index (χ1) is 7.69. The molecule has 3 heteroatoms. The van der Waals surface area contributed by atoms with E-state index in [1.807, 2.05) is 38.2 Å². The van der Waals surface area contributed by atoms with E-state index in [1.54, 1.807) is 0 Å². The summed E-state index contributed by atoms with van der Waals surface area (Å²) in [6, 6.07) is 12.1. The molecule has 0 saturated carbocycles. The summed E-state index contributed by atoms with van der Waals surface area (Å²) in [6.07, 6.45) is 0.505. The molecule has 0 aliphatic carbocycles. The average Bonchev–Trinajstić information content (AvgIpc) is 2.30. The molecule has 0 bridgehead atoms. The second kappa shape index (κ2) is 5.90. The van der Waals surface area contributed by atoms with Gasteiger partial charge in [-0.15, -0.1) is 0 Å². The second-order valence-corrected chi connectivity index (χ2v) is 3.90. The van der Waals surface area contributed by atoms with Crippen LogP contribution < -0.4 is 0 Å². The van der Waals surface area contributed by atoms with Gasteiger partial charge < -0.3 is 0 Å². The van der Waals surface area contributed by atoms with Crippen LogP contribution in [0.1, 0.15) is 24.5 Å². The molecule has 0 fully saturated rings. The molecule has 1 rings (SSSR count). The van der Waals surface area contributed by atoms with E-state index in [-0.39, 0.29) is 6.04 Å². The molecule has 0 N–H and O–H groups in total. The van der Waals surface area contributed by atoms with Crippen LogP contribution in [0, 0.1) is 22.7 Å². The first-order valence-corrected chi connectivity index (χ1v) is 5.24. The Morgan fingerprint density at radius 2 is 2.00 bits per heavy atom. The number of rotatable bonds is 4. The predicted octanol–water partition coefficient (Wildman–Crippen LogP) is 2.29. The molecule has 0 spiro atoms. The van der Waals surface area contributed by atoms with E-state index in [1.165, 1.54) is 0 Å². The number of hydrogen-bond acceptors (Lipinski definition) is 3. The monoisotopic (exact) mass is 213 g/mol. The van der Waals surface area contributed by atoms with Crippen molar-refractivity contribution in [3.8, 4) is 12.1 Å². The van der Waals surface area contributed by atoms with Crippen LogP contribution in [0.5, 0.6) is 0 Å². The van der Waals surface area contributed by atoms with Crippen LogP contribution in [0.2, 0.25) is 0 Å². The molecule has 82 valence electrons. The van der Waals surface area contributed by atoms with Gasteiger partial charge in [-0.3, -0.25) is 4.90 Å². The first kappa shape index (κ1) is 12.2. The zero-order valence-electron chi connectivity index (χ0n) is 9.64. The van der Waals surface area contributed by atoms with Crippen LogP contribution in [0.15, 0.2) is 24.3 Å². The van der Waals surface area contributed by atoms with Crippen LogP contribution in [-0.2, 0) is 6.54 Å². The molecule has 0 aromatic heterocycles. The molecular formula is C13H15N3. The van der Waals surface area contributed by atoms with Gasteiger partial charge in [0.25, 0.3) is 0 Å². The molecule has 1 atom stereocenters. The molecule has 0 radical (unpaired) electrons. The molecule has 1 unspecified atom stereocenters. The summed E-state index contributed by atoms with van der Waals surface area (Å²) >= 11 is 0. The smallest absolute Gasteiger partial charge is 0.0995 e. The summed E-state index contributed by atoms with van der Waals surface area (Å²) in [5.41, 5.74) is 1.72. The predicted molar refractivity (Wildman–Crippen MR) is 62.3 cm³/mol. The summed E-state index contributed by atoms with van der Waals surface area (Å²) in [4.78, 5) is 2.08. The third kappa shape index (κ3) is 3.08. The van der Waals surface area contributed by atoms with Gasteiger partial charge >= 0.3 is 0 Å². The zero-order chi connectivity index (χ0) is 12.0. The molecule has 0 saturated heterocycles. The standard InChI is InChI=1S/C13H15N3/c1-11(7-8-14)16(2)10-13-6-4-3-5-12(13)9-15/h3-6,11H,7,10H2,1-2H3. The number of benzene rings is 1. The van der Waals surface area contributed by atoms with E-state index >= 15 is 0 Å². The molecule has 0 aliphatic heterocycles. The Kier molecular flexibility index (Phi) is 4.51. The van der Waals surface area contributed by atoms with Gasteiger partial charge in [0, 0.05) is 12.6 Å². The van der Waals surface area contributed by atoms with Crippen molar-refractivity contribution in [3.63, 3.8) is 0 Å². The summed E-state index contributed by atoms with van der Waals surface area (Å²) < 4.78 is 0. The van der Waals surface area contributed by atoms with Crippen LogP contribution in [0.4, 0.5) is 0 Å². The highest BCUT2D eigenvalue weighted by molar-refractivity contribution is 5.37. The maximum atomic E-state index is 8.95. The summed E-state index contributed by atoms with van der Waals surface area (Å²) in [6.45, 7) is 2.71. The minimum atomic E-state index is 0.205. The van der Waals surface area contributed by atoms with Gasteiger partial charge in [-0.1, -0.05) is 18.2 Å².